The Kier molecular flexibility index (Phi) is 6.28. The van der Waals surface area contributed by atoms with Crippen LogP contribution in [0.15, 0.2) is 60.7 Å². The van der Waals surface area contributed by atoms with Crippen molar-refractivity contribution in [3.63, 3.8) is 0 Å². The molecule has 4 N–H and O–H groups in total. The number of benzene rings is 2. The maximum Gasteiger partial charge on any atom is 0.471 e. The van der Waals surface area contributed by atoms with Crippen LogP contribution in [0.3, 0.4) is 0 Å². The molecular weight excluding hydrogens is 359 g/mol. The van der Waals surface area contributed by atoms with E-state index in [0.717, 1.165) is 0 Å². The molecule has 0 aromatic heterocycles. The lowest BCUT2D eigenvalue weighted by Crippen LogP contribution is -2.56. The third-order valence-electron chi connectivity index (χ3n) is 3.58. The Hall–Kier alpha value is -2.51. The monoisotopic (exact) mass is 378 g/mol. The van der Waals surface area contributed by atoms with Gasteiger partial charge in [-0.25, -0.2) is 4.57 Å². The van der Waals surface area contributed by atoms with Crippen LogP contribution in [0, 0.1) is 0 Å². The highest BCUT2D eigenvalue weighted by atomic mass is 31.2. The minimum absolute atomic E-state index is 0.455. The summed E-state index contributed by atoms with van der Waals surface area (Å²) < 4.78 is 15.1. The lowest BCUT2D eigenvalue weighted by molar-refractivity contribution is -0.132. The Morgan fingerprint density at radius 3 is 1.85 bits per heavy atom. The number of rotatable bonds is 7. The standard InChI is InChI=1S/C17H19N2O6P/c1-13(20)19-17(14-8-4-2-5-9-14,15-10-6-3-7-11-15)16(21)18-12-25-26(22,23)24/h2-11H,12H2,1H3,(H,18,21)(H,19,20)(H2,22,23,24). The zero-order valence-electron chi connectivity index (χ0n) is 14.0. The molecule has 2 amide bonds. The first-order valence-corrected chi connectivity index (χ1v) is 9.17. The van der Waals surface area contributed by atoms with Crippen LogP contribution in [0.4, 0.5) is 0 Å². The molecule has 0 bridgehead atoms. The summed E-state index contributed by atoms with van der Waals surface area (Å²) in [7, 11) is -4.75. The van der Waals surface area contributed by atoms with Gasteiger partial charge in [0.1, 0.15) is 6.73 Å². The summed E-state index contributed by atoms with van der Waals surface area (Å²) in [5.41, 5.74) is -0.628. The number of hydrogen-bond donors (Lipinski definition) is 4. The minimum Gasteiger partial charge on any atom is -0.335 e. The van der Waals surface area contributed by atoms with Gasteiger partial charge < -0.3 is 20.4 Å². The van der Waals surface area contributed by atoms with Crippen molar-refractivity contribution in [2.45, 2.75) is 12.5 Å². The van der Waals surface area contributed by atoms with Crippen molar-refractivity contribution in [2.24, 2.45) is 0 Å². The van der Waals surface area contributed by atoms with Crippen molar-refractivity contribution < 1.29 is 28.5 Å². The molecule has 0 heterocycles. The van der Waals surface area contributed by atoms with Crippen LogP contribution in [-0.2, 0) is 24.2 Å². The number of carbonyl (C=O) groups is 2. The van der Waals surface area contributed by atoms with Gasteiger partial charge in [-0.1, -0.05) is 60.7 Å². The molecule has 2 aromatic rings. The minimum atomic E-state index is -4.75. The second-order valence-electron chi connectivity index (χ2n) is 5.43. The molecule has 0 spiro atoms. The molecular formula is C17H19N2O6P. The molecule has 0 aliphatic heterocycles. The fraction of sp³-hybridized carbons (Fsp3) is 0.176. The average Bonchev–Trinajstić information content (AvgIpc) is 2.59. The maximum absolute atomic E-state index is 13.0. The van der Waals surface area contributed by atoms with E-state index in [-0.39, 0.29) is 0 Å². The number of phosphoric ester groups is 1. The van der Waals surface area contributed by atoms with Crippen LogP contribution in [0.2, 0.25) is 0 Å². The first kappa shape index (κ1) is 19.8. The van der Waals surface area contributed by atoms with E-state index in [4.69, 9.17) is 9.79 Å². The van der Waals surface area contributed by atoms with Crippen LogP contribution in [0.5, 0.6) is 0 Å². The number of hydrogen-bond acceptors (Lipinski definition) is 4. The molecule has 0 radical (unpaired) electrons. The van der Waals surface area contributed by atoms with Gasteiger partial charge in [0.15, 0.2) is 5.54 Å². The number of carbonyl (C=O) groups excluding carboxylic acids is 2. The molecule has 9 heteroatoms. The molecule has 138 valence electrons. The molecule has 0 saturated carbocycles. The molecule has 0 aliphatic rings. The average molecular weight is 378 g/mol. The van der Waals surface area contributed by atoms with E-state index in [1.54, 1.807) is 60.7 Å². The smallest absolute Gasteiger partial charge is 0.335 e. The van der Waals surface area contributed by atoms with Gasteiger partial charge in [0.2, 0.25) is 5.91 Å². The summed E-state index contributed by atoms with van der Waals surface area (Å²) >= 11 is 0. The molecule has 0 unspecified atom stereocenters. The van der Waals surface area contributed by atoms with E-state index < -0.39 is 31.9 Å². The maximum atomic E-state index is 13.0. The van der Waals surface area contributed by atoms with E-state index in [9.17, 15) is 14.2 Å². The van der Waals surface area contributed by atoms with E-state index in [1.807, 2.05) is 0 Å². The summed E-state index contributed by atoms with van der Waals surface area (Å²) in [6, 6.07) is 17.1. The Balaban J connectivity index is 2.50. The lowest BCUT2D eigenvalue weighted by atomic mass is 9.81. The Labute approximate surface area is 150 Å². The molecule has 2 rings (SSSR count). The second kappa shape index (κ2) is 8.25. The predicted molar refractivity (Wildman–Crippen MR) is 93.6 cm³/mol. The van der Waals surface area contributed by atoms with Crippen molar-refractivity contribution in [3.8, 4) is 0 Å². The van der Waals surface area contributed by atoms with E-state index in [2.05, 4.69) is 15.2 Å². The predicted octanol–water partition coefficient (Wildman–Crippen LogP) is 1.25. The topological polar surface area (TPSA) is 125 Å². The number of phosphoric acid groups is 1. The third-order valence-corrected chi connectivity index (χ3v) is 4.05. The van der Waals surface area contributed by atoms with Crippen molar-refractivity contribution >= 4 is 19.6 Å². The summed E-state index contributed by atoms with van der Waals surface area (Å²) in [6.45, 7) is 0.560. The van der Waals surface area contributed by atoms with Crippen LogP contribution in [-0.4, -0.2) is 28.3 Å². The molecule has 0 saturated heterocycles. The zero-order valence-corrected chi connectivity index (χ0v) is 14.8. The highest BCUT2D eigenvalue weighted by Gasteiger charge is 2.43. The SMILES string of the molecule is CC(=O)NC(C(=O)NCOP(=O)(O)O)(c1ccccc1)c1ccccc1. The van der Waals surface area contributed by atoms with Gasteiger partial charge in [-0.3, -0.25) is 14.1 Å². The highest BCUT2D eigenvalue weighted by molar-refractivity contribution is 7.46. The van der Waals surface area contributed by atoms with Crippen molar-refractivity contribution in [3.05, 3.63) is 71.8 Å². The van der Waals surface area contributed by atoms with Crippen LogP contribution >= 0.6 is 7.82 Å². The van der Waals surface area contributed by atoms with Crippen LogP contribution in [0.25, 0.3) is 0 Å². The molecule has 26 heavy (non-hydrogen) atoms. The Morgan fingerprint density at radius 1 is 1.00 bits per heavy atom. The third kappa shape index (κ3) is 4.77. The fourth-order valence-corrected chi connectivity index (χ4v) is 2.82. The molecule has 2 aromatic carbocycles. The van der Waals surface area contributed by atoms with Gasteiger partial charge in [-0.05, 0) is 11.1 Å². The summed E-state index contributed by atoms with van der Waals surface area (Å²) in [4.78, 5) is 42.5. The lowest BCUT2D eigenvalue weighted by Gasteiger charge is -2.34. The van der Waals surface area contributed by atoms with Crippen LogP contribution < -0.4 is 10.6 Å². The zero-order chi connectivity index (χ0) is 19.2. The molecule has 0 atom stereocenters. The molecule has 0 fully saturated rings. The second-order valence-corrected chi connectivity index (χ2v) is 6.67. The van der Waals surface area contributed by atoms with Gasteiger partial charge in [0.25, 0.3) is 5.91 Å². The Morgan fingerprint density at radius 2 is 1.46 bits per heavy atom. The van der Waals surface area contributed by atoms with Crippen molar-refractivity contribution in [1.82, 2.24) is 10.6 Å². The van der Waals surface area contributed by atoms with Gasteiger partial charge in [0, 0.05) is 6.92 Å². The Bertz CT molecular complexity index is 767. The van der Waals surface area contributed by atoms with Crippen LogP contribution in [0.1, 0.15) is 18.1 Å². The van der Waals surface area contributed by atoms with Gasteiger partial charge in [-0.15, -0.1) is 0 Å². The fourth-order valence-electron chi connectivity index (χ4n) is 2.58. The van der Waals surface area contributed by atoms with Crippen molar-refractivity contribution in [2.75, 3.05) is 6.73 Å². The summed E-state index contributed by atoms with van der Waals surface area (Å²) in [5, 5.41) is 4.99. The number of nitrogens with one attached hydrogen (secondary N) is 2. The number of amides is 2. The summed E-state index contributed by atoms with van der Waals surface area (Å²) in [5.74, 6) is -1.15. The van der Waals surface area contributed by atoms with E-state index in [1.165, 1.54) is 6.92 Å². The quantitative estimate of drug-likeness (QED) is 0.425. The van der Waals surface area contributed by atoms with Crippen molar-refractivity contribution in [1.29, 1.82) is 0 Å². The first-order chi connectivity index (χ1) is 12.3. The van der Waals surface area contributed by atoms with Gasteiger partial charge in [-0.2, -0.15) is 0 Å². The summed E-state index contributed by atoms with van der Waals surface area (Å²) in [6.07, 6.45) is 0. The van der Waals surface area contributed by atoms with Gasteiger partial charge in [0.05, 0.1) is 0 Å². The molecule has 0 aliphatic carbocycles. The first-order valence-electron chi connectivity index (χ1n) is 7.64. The largest absolute Gasteiger partial charge is 0.471 e. The highest BCUT2D eigenvalue weighted by Crippen LogP contribution is 2.35. The van der Waals surface area contributed by atoms with E-state index >= 15 is 0 Å². The molecule has 8 nitrogen and oxygen atoms in total. The normalized spacial score (nSPS) is 11.7. The van der Waals surface area contributed by atoms with E-state index in [0.29, 0.717) is 11.1 Å². The van der Waals surface area contributed by atoms with Gasteiger partial charge >= 0.3 is 7.82 Å².